The Bertz CT molecular complexity index is 1720. The largest absolute Gasteiger partial charge is 0.465 e. The van der Waals surface area contributed by atoms with Crippen LogP contribution in [-0.2, 0) is 22.5 Å². The van der Waals surface area contributed by atoms with E-state index in [9.17, 15) is 32.9 Å². The van der Waals surface area contributed by atoms with Crippen molar-refractivity contribution in [3.63, 3.8) is 0 Å². The number of esters is 1. The smallest absolute Gasteiger partial charge is 0.344 e. The molecule has 0 radical (unpaired) electrons. The van der Waals surface area contributed by atoms with Crippen LogP contribution in [0.25, 0.3) is 22.3 Å². The minimum absolute atomic E-state index is 0.0798. The highest BCUT2D eigenvalue weighted by atomic mass is 32.2. The van der Waals surface area contributed by atoms with Gasteiger partial charge in [0.05, 0.1) is 29.8 Å². The van der Waals surface area contributed by atoms with E-state index in [1.807, 2.05) is 6.07 Å². The number of hydrogen-bond acceptors (Lipinski definition) is 7. The van der Waals surface area contributed by atoms with Crippen molar-refractivity contribution in [2.75, 3.05) is 18.5 Å². The van der Waals surface area contributed by atoms with Gasteiger partial charge in [0.2, 0.25) is 0 Å². The molecule has 1 fully saturated rings. The molecule has 0 bridgehead atoms. The summed E-state index contributed by atoms with van der Waals surface area (Å²) in [5, 5.41) is 14.6. The molecule has 0 aliphatic heterocycles. The summed E-state index contributed by atoms with van der Waals surface area (Å²) in [6, 6.07) is 12.5. The summed E-state index contributed by atoms with van der Waals surface area (Å²) >= 11 is -2.59. The molecular weight excluding hydrogens is 557 g/mol. The molecule has 1 atom stereocenters. The Morgan fingerprint density at radius 1 is 1.20 bits per heavy atom. The van der Waals surface area contributed by atoms with Crippen LogP contribution in [0.1, 0.15) is 50.6 Å². The van der Waals surface area contributed by atoms with Crippen LogP contribution in [0.4, 0.5) is 15.8 Å². The molecule has 41 heavy (non-hydrogen) atoms. The summed E-state index contributed by atoms with van der Waals surface area (Å²) in [4.78, 5) is 35.9. The number of carbonyl (C=O) groups is 2. The standard InChI is InChI=1S/C28H24FN3O8S/c1-30-27(33)25-22-13-20(15-3-4-15)17(11-24(22)40-26(25)16-5-7-18(29)8-6-16)14-31(41(37)38)19-9-10-23(32(35)36)21(12-19)28(34)39-2/h5-13,15H,3-4,14H2,1-2H3,(H,30,33)(H,37,38). The molecule has 1 aliphatic carbocycles. The number of nitrogens with one attached hydrogen (secondary N) is 1. The average molecular weight is 582 g/mol. The van der Waals surface area contributed by atoms with Gasteiger partial charge in [-0.2, -0.15) is 0 Å². The lowest BCUT2D eigenvalue weighted by molar-refractivity contribution is -0.385. The minimum atomic E-state index is -2.59. The molecule has 0 saturated heterocycles. The van der Waals surface area contributed by atoms with Crippen LogP contribution in [0.3, 0.4) is 0 Å². The zero-order valence-electron chi connectivity index (χ0n) is 21.9. The second-order valence-corrected chi connectivity index (χ2v) is 10.3. The van der Waals surface area contributed by atoms with Gasteiger partial charge < -0.3 is 14.5 Å². The molecule has 1 amide bonds. The number of nitro benzene ring substituents is 1. The maximum Gasteiger partial charge on any atom is 0.344 e. The van der Waals surface area contributed by atoms with Gasteiger partial charge >= 0.3 is 5.97 Å². The monoisotopic (exact) mass is 581 g/mol. The van der Waals surface area contributed by atoms with Crippen LogP contribution < -0.4 is 9.62 Å². The predicted octanol–water partition coefficient (Wildman–Crippen LogP) is 5.31. The number of anilines is 1. The fraction of sp³-hybridized carbons (Fsp3) is 0.214. The SMILES string of the molecule is CNC(=O)c1c(-c2ccc(F)cc2)oc2cc(CN(c3ccc([N+](=O)[O-])c(C(=O)OC)c3)S(=O)O)c(C3CC3)cc12. The van der Waals surface area contributed by atoms with Crippen molar-refractivity contribution in [1.82, 2.24) is 5.32 Å². The number of nitrogens with zero attached hydrogens (tertiary/aromatic N) is 2. The van der Waals surface area contributed by atoms with Crippen LogP contribution in [0.2, 0.25) is 0 Å². The number of amides is 1. The van der Waals surface area contributed by atoms with Crippen molar-refractivity contribution in [2.24, 2.45) is 0 Å². The highest BCUT2D eigenvalue weighted by Crippen LogP contribution is 2.45. The van der Waals surface area contributed by atoms with Crippen molar-refractivity contribution in [1.29, 1.82) is 0 Å². The fourth-order valence-electron chi connectivity index (χ4n) is 4.77. The Labute approximate surface area is 235 Å². The Morgan fingerprint density at radius 3 is 2.49 bits per heavy atom. The number of methoxy groups -OCH3 is 1. The Balaban J connectivity index is 1.64. The van der Waals surface area contributed by atoms with Crippen molar-refractivity contribution >= 4 is 45.5 Å². The molecule has 1 aliphatic rings. The molecule has 212 valence electrons. The number of fused-ring (bicyclic) bond motifs is 1. The first kappa shape index (κ1) is 27.9. The van der Waals surface area contributed by atoms with Gasteiger partial charge in [-0.3, -0.25) is 23.8 Å². The third kappa shape index (κ3) is 5.41. The average Bonchev–Trinajstić information content (AvgIpc) is 3.74. The zero-order chi connectivity index (χ0) is 29.4. The molecular formula is C28H24FN3O8S. The molecule has 1 unspecified atom stereocenters. The molecule has 5 rings (SSSR count). The maximum atomic E-state index is 13.6. The number of ether oxygens (including phenoxy) is 1. The van der Waals surface area contributed by atoms with E-state index in [4.69, 9.17) is 4.42 Å². The van der Waals surface area contributed by atoms with Crippen LogP contribution in [0.15, 0.2) is 59.0 Å². The van der Waals surface area contributed by atoms with Gasteiger partial charge in [-0.1, -0.05) is 0 Å². The predicted molar refractivity (Wildman–Crippen MR) is 148 cm³/mol. The number of hydrogen-bond donors (Lipinski definition) is 2. The summed E-state index contributed by atoms with van der Waals surface area (Å²) in [5.74, 6) is -1.40. The lowest BCUT2D eigenvalue weighted by Crippen LogP contribution is -2.25. The van der Waals surface area contributed by atoms with Crippen molar-refractivity contribution in [3.05, 3.63) is 92.8 Å². The molecule has 11 nitrogen and oxygen atoms in total. The Morgan fingerprint density at radius 2 is 1.90 bits per heavy atom. The summed E-state index contributed by atoms with van der Waals surface area (Å²) in [5.41, 5.74) is 1.80. The van der Waals surface area contributed by atoms with Gasteiger partial charge in [-0.25, -0.2) is 13.4 Å². The quantitative estimate of drug-likeness (QED) is 0.117. The second-order valence-electron chi connectivity index (χ2n) is 9.43. The molecule has 1 saturated carbocycles. The lowest BCUT2D eigenvalue weighted by atomic mass is 9.97. The van der Waals surface area contributed by atoms with Crippen molar-refractivity contribution in [2.45, 2.75) is 25.3 Å². The first-order chi connectivity index (χ1) is 19.6. The summed E-state index contributed by atoms with van der Waals surface area (Å²) < 4.78 is 48.2. The number of halogens is 1. The number of benzene rings is 3. The van der Waals surface area contributed by atoms with Gasteiger partial charge in [0.1, 0.15) is 22.7 Å². The van der Waals surface area contributed by atoms with Crippen molar-refractivity contribution < 1.29 is 36.8 Å². The normalized spacial score (nSPS) is 13.6. The zero-order valence-corrected chi connectivity index (χ0v) is 22.7. The van der Waals surface area contributed by atoms with Gasteiger partial charge in [0.25, 0.3) is 22.9 Å². The van der Waals surface area contributed by atoms with Crippen LogP contribution >= 0.6 is 0 Å². The van der Waals surface area contributed by atoms with Gasteiger partial charge in [0, 0.05) is 24.1 Å². The van der Waals surface area contributed by atoms with Crippen molar-refractivity contribution in [3.8, 4) is 11.3 Å². The Hall–Kier alpha value is -4.62. The number of furan rings is 1. The summed E-state index contributed by atoms with van der Waals surface area (Å²) in [6.45, 7) is -0.120. The lowest BCUT2D eigenvalue weighted by Gasteiger charge is -2.22. The maximum absolute atomic E-state index is 13.6. The first-order valence-electron chi connectivity index (χ1n) is 12.5. The van der Waals surface area contributed by atoms with E-state index in [2.05, 4.69) is 10.1 Å². The molecule has 0 spiro atoms. The molecule has 1 heterocycles. The molecule has 3 aromatic carbocycles. The van der Waals surface area contributed by atoms with E-state index in [1.54, 1.807) is 6.07 Å². The van der Waals surface area contributed by atoms with E-state index in [-0.39, 0.29) is 35.0 Å². The highest BCUT2D eigenvalue weighted by molar-refractivity contribution is 7.80. The van der Waals surface area contributed by atoms with Crippen LogP contribution in [0.5, 0.6) is 0 Å². The van der Waals surface area contributed by atoms with E-state index in [0.717, 1.165) is 42.0 Å². The van der Waals surface area contributed by atoms with E-state index in [0.29, 0.717) is 22.1 Å². The summed E-state index contributed by atoms with van der Waals surface area (Å²) in [6.07, 6.45) is 1.76. The molecule has 2 N–H and O–H groups in total. The minimum Gasteiger partial charge on any atom is -0.465 e. The molecule has 4 aromatic rings. The second kappa shape index (κ2) is 11.1. The van der Waals surface area contributed by atoms with E-state index < -0.39 is 39.6 Å². The third-order valence-electron chi connectivity index (χ3n) is 6.90. The van der Waals surface area contributed by atoms with Gasteiger partial charge in [0.15, 0.2) is 0 Å². The molecule has 1 aromatic heterocycles. The van der Waals surface area contributed by atoms with Gasteiger partial charge in [-0.05, 0) is 78.4 Å². The first-order valence-corrected chi connectivity index (χ1v) is 13.5. The molecule has 13 heteroatoms. The fourth-order valence-corrected chi connectivity index (χ4v) is 5.31. The Kier molecular flexibility index (Phi) is 7.56. The van der Waals surface area contributed by atoms with E-state index >= 15 is 0 Å². The van der Waals surface area contributed by atoms with Crippen LogP contribution in [-0.4, -0.2) is 39.7 Å². The van der Waals surface area contributed by atoms with Gasteiger partial charge in [-0.15, -0.1) is 0 Å². The number of rotatable bonds is 9. The summed E-state index contributed by atoms with van der Waals surface area (Å²) in [7, 11) is 2.57. The third-order valence-corrected chi connectivity index (χ3v) is 7.62. The van der Waals surface area contributed by atoms with Crippen LogP contribution in [0, 0.1) is 15.9 Å². The van der Waals surface area contributed by atoms with E-state index in [1.165, 1.54) is 37.4 Å². The highest BCUT2D eigenvalue weighted by Gasteiger charge is 2.31. The number of carbonyl (C=O) groups excluding carboxylic acids is 2. The topological polar surface area (TPSA) is 152 Å². The number of nitro groups is 1.